The van der Waals surface area contributed by atoms with E-state index in [0.717, 1.165) is 16.6 Å². The Bertz CT molecular complexity index is 886. The molecule has 0 amide bonds. The van der Waals surface area contributed by atoms with Crippen molar-refractivity contribution in [3.8, 4) is 5.75 Å². The van der Waals surface area contributed by atoms with Gasteiger partial charge in [0, 0.05) is 33.2 Å². The Morgan fingerprint density at radius 3 is 2.70 bits per heavy atom. The first-order valence-corrected chi connectivity index (χ1v) is 7.96. The molecule has 2 aromatic carbocycles. The van der Waals surface area contributed by atoms with Gasteiger partial charge in [0.25, 0.3) is 0 Å². The molecule has 5 heteroatoms. The number of nitrogens with one attached hydrogen (secondary N) is 1. The zero-order valence-electron chi connectivity index (χ0n) is 12.7. The fraction of sp³-hybridized carbons (Fsp3) is 0.167. The second-order valence-corrected chi connectivity index (χ2v) is 6.21. The Labute approximate surface area is 144 Å². The second kappa shape index (κ2) is 6.26. The standard InChI is InChI=1S/C18H15Cl2NO2/c1-10-17(13-5-3-4-6-15(13)21-10)18(22)11(2)23-16-9-12(19)7-8-14(16)20/h3-9,11,21H,1-2H3/t11-/m0/s1. The average molecular weight is 348 g/mol. The number of Topliss-reactive ketones (excluding diaryl/α,β-unsaturated/α-hetero) is 1. The van der Waals surface area contributed by atoms with Gasteiger partial charge in [0.1, 0.15) is 5.75 Å². The minimum absolute atomic E-state index is 0.101. The third kappa shape index (κ3) is 3.07. The lowest BCUT2D eigenvalue weighted by Gasteiger charge is -2.15. The summed E-state index contributed by atoms with van der Waals surface area (Å²) in [5.74, 6) is 0.300. The van der Waals surface area contributed by atoms with E-state index in [0.29, 0.717) is 21.4 Å². The molecule has 1 heterocycles. The summed E-state index contributed by atoms with van der Waals surface area (Å²) in [5, 5.41) is 1.82. The number of rotatable bonds is 4. The second-order valence-electron chi connectivity index (χ2n) is 5.37. The molecule has 0 radical (unpaired) electrons. The quantitative estimate of drug-likeness (QED) is 0.639. The van der Waals surface area contributed by atoms with Crippen LogP contribution in [0.1, 0.15) is 23.0 Å². The van der Waals surface area contributed by atoms with Crippen molar-refractivity contribution in [3.05, 3.63) is 63.8 Å². The summed E-state index contributed by atoms with van der Waals surface area (Å²) in [5.41, 5.74) is 2.40. The van der Waals surface area contributed by atoms with Gasteiger partial charge in [0.05, 0.1) is 5.02 Å². The lowest BCUT2D eigenvalue weighted by Crippen LogP contribution is -2.24. The molecule has 0 fully saturated rings. The van der Waals surface area contributed by atoms with E-state index in [1.54, 1.807) is 25.1 Å². The number of aryl methyl sites for hydroxylation is 1. The molecule has 0 saturated heterocycles. The summed E-state index contributed by atoms with van der Waals surface area (Å²) in [6.07, 6.45) is -0.677. The highest BCUT2D eigenvalue weighted by Crippen LogP contribution is 2.30. The zero-order valence-corrected chi connectivity index (χ0v) is 14.2. The average Bonchev–Trinajstić information content (AvgIpc) is 2.86. The predicted molar refractivity (Wildman–Crippen MR) is 93.9 cm³/mol. The fourth-order valence-corrected chi connectivity index (χ4v) is 2.93. The molecule has 3 aromatic rings. The van der Waals surface area contributed by atoms with Gasteiger partial charge in [-0.2, -0.15) is 0 Å². The van der Waals surface area contributed by atoms with Gasteiger partial charge in [-0.25, -0.2) is 0 Å². The number of carbonyl (C=O) groups excluding carboxylic acids is 1. The third-order valence-electron chi connectivity index (χ3n) is 3.71. The highest BCUT2D eigenvalue weighted by molar-refractivity contribution is 6.34. The Hall–Kier alpha value is -1.97. The Morgan fingerprint density at radius 1 is 1.17 bits per heavy atom. The van der Waals surface area contributed by atoms with Crippen LogP contribution in [0, 0.1) is 6.92 Å². The van der Waals surface area contributed by atoms with Gasteiger partial charge < -0.3 is 9.72 Å². The molecular formula is C18H15Cl2NO2. The van der Waals surface area contributed by atoms with Gasteiger partial charge in [0.15, 0.2) is 6.10 Å². The Kier molecular flexibility index (Phi) is 4.33. The molecule has 1 N–H and O–H groups in total. The smallest absolute Gasteiger partial charge is 0.205 e. The molecule has 0 unspecified atom stereocenters. The fourth-order valence-electron chi connectivity index (χ4n) is 2.61. The van der Waals surface area contributed by atoms with Crippen LogP contribution in [-0.2, 0) is 0 Å². The number of para-hydroxylation sites is 1. The number of carbonyl (C=O) groups is 1. The molecule has 118 valence electrons. The number of fused-ring (bicyclic) bond motifs is 1. The largest absolute Gasteiger partial charge is 0.481 e. The van der Waals surface area contributed by atoms with Crippen molar-refractivity contribution in [3.63, 3.8) is 0 Å². The van der Waals surface area contributed by atoms with Crippen molar-refractivity contribution < 1.29 is 9.53 Å². The Balaban J connectivity index is 1.93. The Morgan fingerprint density at radius 2 is 1.91 bits per heavy atom. The van der Waals surface area contributed by atoms with E-state index in [2.05, 4.69) is 4.98 Å². The predicted octanol–water partition coefficient (Wildman–Crippen LogP) is 5.43. The summed E-state index contributed by atoms with van der Waals surface area (Å²) in [6.45, 7) is 3.59. The van der Waals surface area contributed by atoms with Gasteiger partial charge >= 0.3 is 0 Å². The van der Waals surface area contributed by atoms with Crippen LogP contribution < -0.4 is 4.74 Å². The van der Waals surface area contributed by atoms with Crippen LogP contribution in [0.2, 0.25) is 10.0 Å². The van der Waals surface area contributed by atoms with E-state index in [1.807, 2.05) is 31.2 Å². The highest BCUT2D eigenvalue weighted by Gasteiger charge is 2.23. The summed E-state index contributed by atoms with van der Waals surface area (Å²) in [4.78, 5) is 16.0. The molecule has 0 bridgehead atoms. The summed E-state index contributed by atoms with van der Waals surface area (Å²) in [7, 11) is 0. The lowest BCUT2D eigenvalue weighted by atomic mass is 10.0. The van der Waals surface area contributed by atoms with Crippen LogP contribution in [0.4, 0.5) is 0 Å². The van der Waals surface area contributed by atoms with E-state index in [1.165, 1.54) is 0 Å². The molecule has 1 atom stereocenters. The number of H-pyrrole nitrogens is 1. The number of hydrogen-bond donors (Lipinski definition) is 1. The molecule has 3 nitrogen and oxygen atoms in total. The van der Waals surface area contributed by atoms with E-state index < -0.39 is 6.10 Å². The van der Waals surface area contributed by atoms with E-state index >= 15 is 0 Å². The van der Waals surface area contributed by atoms with Crippen molar-refractivity contribution in [2.75, 3.05) is 0 Å². The number of ketones is 1. The summed E-state index contributed by atoms with van der Waals surface area (Å²) in [6, 6.07) is 12.6. The maximum absolute atomic E-state index is 12.8. The normalized spacial score (nSPS) is 12.3. The number of aromatic nitrogens is 1. The van der Waals surface area contributed by atoms with Crippen LogP contribution in [-0.4, -0.2) is 16.9 Å². The van der Waals surface area contributed by atoms with Crippen molar-refractivity contribution in [1.82, 2.24) is 4.98 Å². The molecular weight excluding hydrogens is 333 g/mol. The van der Waals surface area contributed by atoms with Crippen LogP contribution >= 0.6 is 23.2 Å². The number of ether oxygens (including phenoxy) is 1. The number of benzene rings is 2. The van der Waals surface area contributed by atoms with E-state index in [4.69, 9.17) is 27.9 Å². The number of hydrogen-bond acceptors (Lipinski definition) is 2. The van der Waals surface area contributed by atoms with E-state index in [9.17, 15) is 4.79 Å². The monoisotopic (exact) mass is 347 g/mol. The molecule has 0 aliphatic heterocycles. The lowest BCUT2D eigenvalue weighted by molar-refractivity contribution is 0.0819. The first-order valence-electron chi connectivity index (χ1n) is 7.20. The van der Waals surface area contributed by atoms with Gasteiger partial charge in [-0.1, -0.05) is 41.4 Å². The minimum atomic E-state index is -0.677. The van der Waals surface area contributed by atoms with Gasteiger partial charge in [-0.15, -0.1) is 0 Å². The van der Waals surface area contributed by atoms with Crippen LogP contribution in [0.3, 0.4) is 0 Å². The summed E-state index contributed by atoms with van der Waals surface area (Å²) >= 11 is 12.0. The number of aromatic amines is 1. The number of halogens is 2. The highest BCUT2D eigenvalue weighted by atomic mass is 35.5. The molecule has 0 saturated carbocycles. The third-order valence-corrected chi connectivity index (χ3v) is 4.25. The van der Waals surface area contributed by atoms with Gasteiger partial charge in [-0.3, -0.25) is 4.79 Å². The molecule has 0 aliphatic carbocycles. The first-order chi connectivity index (χ1) is 11.0. The van der Waals surface area contributed by atoms with Crippen molar-refractivity contribution in [1.29, 1.82) is 0 Å². The van der Waals surface area contributed by atoms with Crippen LogP contribution in [0.25, 0.3) is 10.9 Å². The SMILES string of the molecule is Cc1[nH]c2ccccc2c1C(=O)[C@H](C)Oc1cc(Cl)ccc1Cl. The zero-order chi connectivity index (χ0) is 16.6. The van der Waals surface area contributed by atoms with Gasteiger partial charge in [-0.05, 0) is 32.0 Å². The maximum Gasteiger partial charge on any atom is 0.205 e. The molecule has 23 heavy (non-hydrogen) atoms. The first kappa shape index (κ1) is 15.9. The molecule has 0 spiro atoms. The summed E-state index contributed by atoms with van der Waals surface area (Å²) < 4.78 is 5.74. The molecule has 0 aliphatic rings. The van der Waals surface area contributed by atoms with Crippen molar-refractivity contribution in [2.24, 2.45) is 0 Å². The topological polar surface area (TPSA) is 42.1 Å². The maximum atomic E-state index is 12.8. The van der Waals surface area contributed by atoms with E-state index in [-0.39, 0.29) is 5.78 Å². The van der Waals surface area contributed by atoms with Crippen molar-refractivity contribution in [2.45, 2.75) is 20.0 Å². The minimum Gasteiger partial charge on any atom is -0.481 e. The van der Waals surface area contributed by atoms with Gasteiger partial charge in [0.2, 0.25) is 5.78 Å². The molecule has 1 aromatic heterocycles. The van der Waals surface area contributed by atoms with Crippen molar-refractivity contribution >= 4 is 39.9 Å². The van der Waals surface area contributed by atoms with Crippen LogP contribution in [0.5, 0.6) is 5.75 Å². The molecule has 3 rings (SSSR count). The van der Waals surface area contributed by atoms with Crippen LogP contribution in [0.15, 0.2) is 42.5 Å².